The van der Waals surface area contributed by atoms with Gasteiger partial charge in [0.25, 0.3) is 0 Å². The molecule has 0 spiro atoms. The van der Waals surface area contributed by atoms with Gasteiger partial charge < -0.3 is 14.2 Å². The first-order valence-electron chi connectivity index (χ1n) is 8.22. The Bertz CT molecular complexity index is 697. The molecule has 0 aliphatic carbocycles. The van der Waals surface area contributed by atoms with Crippen molar-refractivity contribution in [3.63, 3.8) is 0 Å². The van der Waals surface area contributed by atoms with Crippen molar-refractivity contribution in [2.45, 2.75) is 38.6 Å². The van der Waals surface area contributed by atoms with Crippen LogP contribution in [-0.2, 0) is 25.6 Å². The largest absolute Gasteiger partial charge is 0.457 e. The monoisotopic (exact) mass is 381 g/mol. The average molecular weight is 382 g/mol. The minimum atomic E-state index is -0.612. The summed E-state index contributed by atoms with van der Waals surface area (Å²) in [4.78, 5) is 16.5. The molecule has 1 aliphatic heterocycles. The predicted octanol–water partition coefficient (Wildman–Crippen LogP) is 4.09. The van der Waals surface area contributed by atoms with Crippen LogP contribution in [0.4, 0.5) is 0 Å². The molecule has 0 N–H and O–H groups in total. The Labute approximate surface area is 155 Å². The fourth-order valence-electron chi connectivity index (χ4n) is 2.46. The first-order chi connectivity index (χ1) is 12.1. The van der Waals surface area contributed by atoms with Crippen LogP contribution in [-0.4, -0.2) is 36.4 Å². The van der Waals surface area contributed by atoms with Crippen molar-refractivity contribution in [1.29, 1.82) is 0 Å². The lowest BCUT2D eigenvalue weighted by Crippen LogP contribution is -2.27. The molecule has 25 heavy (non-hydrogen) atoms. The normalized spacial score (nSPS) is 18.2. The summed E-state index contributed by atoms with van der Waals surface area (Å²) < 4.78 is 16.3. The number of nitrogens with zero attached hydrogens (tertiary/aromatic N) is 1. The third-order valence-corrected chi connectivity index (χ3v) is 5.09. The van der Waals surface area contributed by atoms with E-state index >= 15 is 0 Å². The van der Waals surface area contributed by atoms with E-state index in [1.807, 2.05) is 29.6 Å². The summed E-state index contributed by atoms with van der Waals surface area (Å²) in [6, 6.07) is 7.48. The molecule has 2 unspecified atom stereocenters. The van der Waals surface area contributed by atoms with Gasteiger partial charge in [-0.05, 0) is 31.9 Å². The fourth-order valence-corrected chi connectivity index (χ4v) is 3.39. The second kappa shape index (κ2) is 8.76. The zero-order valence-electron chi connectivity index (χ0n) is 13.9. The molecule has 2 aromatic rings. The van der Waals surface area contributed by atoms with E-state index in [9.17, 15) is 4.79 Å². The van der Waals surface area contributed by atoms with Crippen LogP contribution < -0.4 is 0 Å². The molecule has 1 aromatic carbocycles. The van der Waals surface area contributed by atoms with Gasteiger partial charge in [0.2, 0.25) is 0 Å². The van der Waals surface area contributed by atoms with Gasteiger partial charge >= 0.3 is 5.97 Å². The SMILES string of the molecule is CC(OCC1CCCO1)C(=O)OCc1csc(-c2ccc(Cl)cc2)n1. The molecule has 1 aromatic heterocycles. The van der Waals surface area contributed by atoms with Crippen LogP contribution in [0.3, 0.4) is 0 Å². The average Bonchev–Trinajstić information content (AvgIpc) is 3.30. The molecule has 7 heteroatoms. The van der Waals surface area contributed by atoms with E-state index in [0.29, 0.717) is 11.6 Å². The third kappa shape index (κ3) is 5.25. The zero-order valence-corrected chi connectivity index (χ0v) is 15.5. The minimum Gasteiger partial charge on any atom is -0.457 e. The van der Waals surface area contributed by atoms with E-state index in [0.717, 1.165) is 35.7 Å². The Kier molecular flexibility index (Phi) is 6.42. The number of hydrogen-bond acceptors (Lipinski definition) is 6. The quantitative estimate of drug-likeness (QED) is 0.676. The van der Waals surface area contributed by atoms with E-state index in [4.69, 9.17) is 25.8 Å². The van der Waals surface area contributed by atoms with Crippen LogP contribution in [0, 0.1) is 0 Å². The van der Waals surface area contributed by atoms with Gasteiger partial charge in [-0.3, -0.25) is 0 Å². The van der Waals surface area contributed by atoms with Gasteiger partial charge in [-0.1, -0.05) is 23.7 Å². The van der Waals surface area contributed by atoms with Crippen LogP contribution in [0.1, 0.15) is 25.5 Å². The molecule has 1 saturated heterocycles. The first kappa shape index (κ1) is 18.3. The second-order valence-corrected chi connectivity index (χ2v) is 7.16. The first-order valence-corrected chi connectivity index (χ1v) is 9.48. The van der Waals surface area contributed by atoms with Crippen LogP contribution in [0.15, 0.2) is 29.6 Å². The lowest BCUT2D eigenvalue weighted by Gasteiger charge is -2.15. The Morgan fingerprint density at radius 2 is 2.24 bits per heavy atom. The molecule has 2 atom stereocenters. The Balaban J connectivity index is 1.46. The van der Waals surface area contributed by atoms with Crippen LogP contribution in [0.25, 0.3) is 10.6 Å². The number of esters is 1. The van der Waals surface area contributed by atoms with Gasteiger partial charge in [0.05, 0.1) is 18.4 Å². The Morgan fingerprint density at radius 3 is 2.96 bits per heavy atom. The van der Waals surface area contributed by atoms with E-state index in [1.54, 1.807) is 6.92 Å². The van der Waals surface area contributed by atoms with E-state index < -0.39 is 6.10 Å². The molecular weight excluding hydrogens is 362 g/mol. The van der Waals surface area contributed by atoms with Gasteiger partial charge in [-0.25, -0.2) is 9.78 Å². The highest BCUT2D eigenvalue weighted by molar-refractivity contribution is 7.13. The molecule has 3 rings (SSSR count). The molecule has 0 radical (unpaired) electrons. The summed E-state index contributed by atoms with van der Waals surface area (Å²) in [7, 11) is 0. The summed E-state index contributed by atoms with van der Waals surface area (Å²) in [5.74, 6) is -0.390. The number of carbonyl (C=O) groups is 1. The molecule has 1 fully saturated rings. The van der Waals surface area contributed by atoms with Crippen LogP contribution in [0.2, 0.25) is 5.02 Å². The molecule has 2 heterocycles. The number of aromatic nitrogens is 1. The standard InChI is InChI=1S/C18H20ClNO4S/c1-12(23-10-16-3-2-8-22-16)18(21)24-9-15-11-25-17(20-15)13-4-6-14(19)7-5-13/h4-7,11-12,16H,2-3,8-10H2,1H3. The minimum absolute atomic E-state index is 0.0933. The number of ether oxygens (including phenoxy) is 3. The number of rotatable bonds is 7. The molecule has 0 bridgehead atoms. The highest BCUT2D eigenvalue weighted by atomic mass is 35.5. The highest BCUT2D eigenvalue weighted by Crippen LogP contribution is 2.25. The molecule has 1 aliphatic rings. The van der Waals surface area contributed by atoms with Gasteiger partial charge in [0.1, 0.15) is 11.6 Å². The van der Waals surface area contributed by atoms with E-state index in [-0.39, 0.29) is 18.7 Å². The molecule has 5 nitrogen and oxygen atoms in total. The number of halogens is 1. The molecule has 134 valence electrons. The van der Waals surface area contributed by atoms with Crippen molar-refractivity contribution in [2.75, 3.05) is 13.2 Å². The lowest BCUT2D eigenvalue weighted by atomic mass is 10.2. The third-order valence-electron chi connectivity index (χ3n) is 3.89. The maximum Gasteiger partial charge on any atom is 0.335 e. The van der Waals surface area contributed by atoms with Gasteiger partial charge in [-0.15, -0.1) is 11.3 Å². The summed E-state index contributed by atoms with van der Waals surface area (Å²) in [6.45, 7) is 3.02. The number of benzene rings is 1. The molecule has 0 saturated carbocycles. The van der Waals surface area contributed by atoms with Crippen molar-refractivity contribution in [2.24, 2.45) is 0 Å². The smallest absolute Gasteiger partial charge is 0.335 e. The summed E-state index contributed by atoms with van der Waals surface area (Å²) in [5, 5.41) is 3.44. The summed E-state index contributed by atoms with van der Waals surface area (Å²) in [5.41, 5.74) is 1.70. The maximum absolute atomic E-state index is 12.0. The Morgan fingerprint density at radius 1 is 1.44 bits per heavy atom. The lowest BCUT2D eigenvalue weighted by molar-refractivity contribution is -0.159. The van der Waals surface area contributed by atoms with Gasteiger partial charge in [0, 0.05) is 22.6 Å². The van der Waals surface area contributed by atoms with E-state index in [1.165, 1.54) is 11.3 Å². The fraction of sp³-hybridized carbons (Fsp3) is 0.444. The topological polar surface area (TPSA) is 57.7 Å². The van der Waals surface area contributed by atoms with Crippen LogP contribution >= 0.6 is 22.9 Å². The van der Waals surface area contributed by atoms with E-state index in [2.05, 4.69) is 4.98 Å². The van der Waals surface area contributed by atoms with Gasteiger partial charge in [-0.2, -0.15) is 0 Å². The van der Waals surface area contributed by atoms with Gasteiger partial charge in [0.15, 0.2) is 6.10 Å². The number of hydrogen-bond donors (Lipinski definition) is 0. The van der Waals surface area contributed by atoms with Crippen LogP contribution in [0.5, 0.6) is 0 Å². The summed E-state index contributed by atoms with van der Waals surface area (Å²) >= 11 is 7.39. The number of carbonyl (C=O) groups excluding carboxylic acids is 1. The molecular formula is C18H20ClNO4S. The highest BCUT2D eigenvalue weighted by Gasteiger charge is 2.21. The van der Waals surface area contributed by atoms with Crippen molar-refractivity contribution in [1.82, 2.24) is 4.98 Å². The van der Waals surface area contributed by atoms with Crippen molar-refractivity contribution < 1.29 is 19.0 Å². The second-order valence-electron chi connectivity index (χ2n) is 5.87. The Hall–Kier alpha value is -1.47. The summed E-state index contributed by atoms with van der Waals surface area (Å²) in [6.07, 6.45) is 1.51. The van der Waals surface area contributed by atoms with Crippen molar-refractivity contribution >= 4 is 28.9 Å². The van der Waals surface area contributed by atoms with Crippen molar-refractivity contribution in [3.8, 4) is 10.6 Å². The predicted molar refractivity (Wildman–Crippen MR) is 96.7 cm³/mol. The maximum atomic E-state index is 12.0. The van der Waals surface area contributed by atoms with Crippen molar-refractivity contribution in [3.05, 3.63) is 40.4 Å². The number of thiazole rings is 1. The zero-order chi connectivity index (χ0) is 17.6. The molecule has 0 amide bonds.